The fourth-order valence-electron chi connectivity index (χ4n) is 2.29. The monoisotopic (exact) mass is 264 g/mol. The average molecular weight is 264 g/mol. The quantitative estimate of drug-likeness (QED) is 0.843. The zero-order chi connectivity index (χ0) is 13.8. The number of rotatable bonds is 3. The van der Waals surface area contributed by atoms with E-state index in [1.807, 2.05) is 25.1 Å². The van der Waals surface area contributed by atoms with Crippen LogP contribution in [0.1, 0.15) is 12.0 Å². The number of carbonyl (C=O) groups is 1. The van der Waals surface area contributed by atoms with Crippen LogP contribution >= 0.6 is 0 Å². The van der Waals surface area contributed by atoms with Crippen molar-refractivity contribution in [3.8, 4) is 5.75 Å². The molecule has 1 unspecified atom stereocenters. The van der Waals surface area contributed by atoms with E-state index < -0.39 is 6.04 Å². The molecule has 0 radical (unpaired) electrons. The number of aliphatic hydroxyl groups excluding tert-OH is 1. The summed E-state index contributed by atoms with van der Waals surface area (Å²) in [6, 6.07) is 5.22. The zero-order valence-electron chi connectivity index (χ0n) is 11.3. The lowest BCUT2D eigenvalue weighted by molar-refractivity contribution is -0.121. The fraction of sp³-hybridized carbons (Fsp3) is 0.500. The molecule has 1 fully saturated rings. The number of amides is 1. The standard InChI is InChI=1S/C14H20N2O3/c1-10-4-5-13(19-2)12(8-10)16-7-3-6-15-11(9-17)14(16)18/h4-5,8,11,15,17H,3,6-7,9H2,1-2H3. The first-order chi connectivity index (χ1) is 9.17. The van der Waals surface area contributed by atoms with Gasteiger partial charge in [-0.05, 0) is 37.6 Å². The Morgan fingerprint density at radius 2 is 2.32 bits per heavy atom. The Kier molecular flexibility index (Phi) is 4.39. The lowest BCUT2D eigenvalue weighted by Gasteiger charge is -2.25. The SMILES string of the molecule is COc1ccc(C)cc1N1CCCNC(CO)C1=O. The van der Waals surface area contributed by atoms with Gasteiger partial charge in [0.05, 0.1) is 19.4 Å². The van der Waals surface area contributed by atoms with E-state index in [9.17, 15) is 9.90 Å². The molecule has 19 heavy (non-hydrogen) atoms. The van der Waals surface area contributed by atoms with Crippen molar-refractivity contribution in [1.82, 2.24) is 5.32 Å². The van der Waals surface area contributed by atoms with Gasteiger partial charge in [-0.2, -0.15) is 0 Å². The van der Waals surface area contributed by atoms with Gasteiger partial charge in [0, 0.05) is 6.54 Å². The molecular weight excluding hydrogens is 244 g/mol. The topological polar surface area (TPSA) is 61.8 Å². The third-order valence-corrected chi connectivity index (χ3v) is 3.32. The van der Waals surface area contributed by atoms with Crippen molar-refractivity contribution >= 4 is 11.6 Å². The molecule has 1 amide bonds. The fourth-order valence-corrected chi connectivity index (χ4v) is 2.29. The number of methoxy groups -OCH3 is 1. The molecule has 0 saturated carbocycles. The number of hydrogen-bond acceptors (Lipinski definition) is 4. The van der Waals surface area contributed by atoms with Crippen molar-refractivity contribution in [2.24, 2.45) is 0 Å². The Bertz CT molecular complexity index is 462. The molecular formula is C14H20N2O3. The van der Waals surface area contributed by atoms with E-state index >= 15 is 0 Å². The summed E-state index contributed by atoms with van der Waals surface area (Å²) in [6.07, 6.45) is 0.847. The Labute approximate surface area is 113 Å². The van der Waals surface area contributed by atoms with Crippen LogP contribution in [0.15, 0.2) is 18.2 Å². The number of aryl methyl sites for hydroxylation is 1. The molecule has 5 heteroatoms. The normalized spacial score (nSPS) is 20.3. The van der Waals surface area contributed by atoms with E-state index in [0.29, 0.717) is 12.3 Å². The van der Waals surface area contributed by atoms with Crippen LogP contribution in [0.3, 0.4) is 0 Å². The highest BCUT2D eigenvalue weighted by atomic mass is 16.5. The van der Waals surface area contributed by atoms with Gasteiger partial charge >= 0.3 is 0 Å². The molecule has 1 saturated heterocycles. The van der Waals surface area contributed by atoms with E-state index in [-0.39, 0.29) is 12.5 Å². The Morgan fingerprint density at radius 3 is 3.00 bits per heavy atom. The van der Waals surface area contributed by atoms with Crippen molar-refractivity contribution < 1.29 is 14.6 Å². The summed E-state index contributed by atoms with van der Waals surface area (Å²) in [5, 5.41) is 12.3. The number of carbonyl (C=O) groups excluding carboxylic acids is 1. The second-order valence-corrected chi connectivity index (χ2v) is 4.71. The van der Waals surface area contributed by atoms with Crippen LogP contribution in [0.5, 0.6) is 5.75 Å². The number of hydrogen-bond donors (Lipinski definition) is 2. The van der Waals surface area contributed by atoms with Gasteiger partial charge in [-0.3, -0.25) is 4.79 Å². The minimum Gasteiger partial charge on any atom is -0.495 e. The van der Waals surface area contributed by atoms with Crippen molar-refractivity contribution in [3.05, 3.63) is 23.8 Å². The highest BCUT2D eigenvalue weighted by Crippen LogP contribution is 2.30. The molecule has 1 aromatic carbocycles. The van der Waals surface area contributed by atoms with Crippen LogP contribution in [0.25, 0.3) is 0 Å². The summed E-state index contributed by atoms with van der Waals surface area (Å²) < 4.78 is 5.33. The zero-order valence-corrected chi connectivity index (χ0v) is 11.3. The lowest BCUT2D eigenvalue weighted by atomic mass is 10.1. The first kappa shape index (κ1) is 13.8. The lowest BCUT2D eigenvalue weighted by Crippen LogP contribution is -2.46. The minimum absolute atomic E-state index is 0.107. The van der Waals surface area contributed by atoms with Gasteiger partial charge in [0.1, 0.15) is 11.8 Å². The molecule has 1 aliphatic rings. The summed E-state index contributed by atoms with van der Waals surface area (Å²) in [7, 11) is 1.60. The molecule has 5 nitrogen and oxygen atoms in total. The minimum atomic E-state index is -0.535. The molecule has 2 N–H and O–H groups in total. The van der Waals surface area contributed by atoms with Crippen molar-refractivity contribution in [2.45, 2.75) is 19.4 Å². The van der Waals surface area contributed by atoms with Crippen molar-refractivity contribution in [2.75, 3.05) is 31.7 Å². The van der Waals surface area contributed by atoms with Crippen LogP contribution in [-0.4, -0.2) is 43.9 Å². The molecule has 0 bridgehead atoms. The molecule has 104 valence electrons. The first-order valence-corrected chi connectivity index (χ1v) is 6.47. The summed E-state index contributed by atoms with van der Waals surface area (Å²) in [5.41, 5.74) is 1.84. The van der Waals surface area contributed by atoms with Crippen LogP contribution < -0.4 is 15.0 Å². The van der Waals surface area contributed by atoms with Gasteiger partial charge < -0.3 is 20.1 Å². The van der Waals surface area contributed by atoms with E-state index in [2.05, 4.69) is 5.32 Å². The second-order valence-electron chi connectivity index (χ2n) is 4.71. The third kappa shape index (κ3) is 2.88. The van der Waals surface area contributed by atoms with Crippen LogP contribution in [0, 0.1) is 6.92 Å². The van der Waals surface area contributed by atoms with E-state index in [4.69, 9.17) is 4.74 Å². The van der Waals surface area contributed by atoms with Gasteiger partial charge in [0.2, 0.25) is 5.91 Å². The Balaban J connectivity index is 2.37. The van der Waals surface area contributed by atoms with E-state index in [0.717, 1.165) is 24.2 Å². The Hall–Kier alpha value is -1.59. The highest BCUT2D eigenvalue weighted by Gasteiger charge is 2.28. The predicted molar refractivity (Wildman–Crippen MR) is 73.6 cm³/mol. The van der Waals surface area contributed by atoms with Crippen LogP contribution in [0.2, 0.25) is 0 Å². The highest BCUT2D eigenvalue weighted by molar-refractivity contribution is 5.98. The summed E-state index contributed by atoms with van der Waals surface area (Å²) in [6.45, 7) is 3.14. The largest absolute Gasteiger partial charge is 0.495 e. The maximum absolute atomic E-state index is 12.4. The molecule has 0 aromatic heterocycles. The average Bonchev–Trinajstić information content (AvgIpc) is 2.60. The van der Waals surface area contributed by atoms with Gasteiger partial charge in [0.25, 0.3) is 0 Å². The van der Waals surface area contributed by atoms with Gasteiger partial charge in [-0.1, -0.05) is 6.07 Å². The van der Waals surface area contributed by atoms with Crippen molar-refractivity contribution in [3.63, 3.8) is 0 Å². The molecule has 2 rings (SSSR count). The molecule has 1 aliphatic heterocycles. The van der Waals surface area contributed by atoms with Crippen LogP contribution in [0.4, 0.5) is 5.69 Å². The molecule has 1 heterocycles. The van der Waals surface area contributed by atoms with Gasteiger partial charge in [0.15, 0.2) is 0 Å². The Morgan fingerprint density at radius 1 is 1.53 bits per heavy atom. The number of nitrogens with zero attached hydrogens (tertiary/aromatic N) is 1. The van der Waals surface area contributed by atoms with Gasteiger partial charge in [-0.25, -0.2) is 0 Å². The predicted octanol–water partition coefficient (Wildman–Crippen LogP) is 0.691. The smallest absolute Gasteiger partial charge is 0.246 e. The molecule has 1 atom stereocenters. The maximum Gasteiger partial charge on any atom is 0.246 e. The summed E-state index contributed by atoms with van der Waals surface area (Å²) >= 11 is 0. The molecule has 0 spiro atoms. The third-order valence-electron chi connectivity index (χ3n) is 3.32. The first-order valence-electron chi connectivity index (χ1n) is 6.47. The number of aliphatic hydroxyl groups is 1. The van der Waals surface area contributed by atoms with Crippen LogP contribution in [-0.2, 0) is 4.79 Å². The number of ether oxygens (including phenoxy) is 1. The van der Waals surface area contributed by atoms with Crippen molar-refractivity contribution in [1.29, 1.82) is 0 Å². The summed E-state index contributed by atoms with van der Waals surface area (Å²) in [5.74, 6) is 0.571. The van der Waals surface area contributed by atoms with E-state index in [1.165, 1.54) is 0 Å². The molecule has 0 aliphatic carbocycles. The second kappa shape index (κ2) is 6.04. The van der Waals surface area contributed by atoms with E-state index in [1.54, 1.807) is 12.0 Å². The number of benzene rings is 1. The number of nitrogens with one attached hydrogen (secondary N) is 1. The number of anilines is 1. The van der Waals surface area contributed by atoms with Gasteiger partial charge in [-0.15, -0.1) is 0 Å². The maximum atomic E-state index is 12.4. The summed E-state index contributed by atoms with van der Waals surface area (Å²) in [4.78, 5) is 14.1. The molecule has 1 aromatic rings.